The molecule has 1 fully saturated rings. The lowest BCUT2D eigenvalue weighted by Crippen LogP contribution is -2.31. The summed E-state index contributed by atoms with van der Waals surface area (Å²) in [6.45, 7) is 7.58. The van der Waals surface area contributed by atoms with Crippen molar-refractivity contribution in [2.75, 3.05) is 38.6 Å². The molecule has 1 aromatic rings. The van der Waals surface area contributed by atoms with E-state index in [0.29, 0.717) is 12.1 Å². The van der Waals surface area contributed by atoms with Gasteiger partial charge in [-0.05, 0) is 58.1 Å². The largest absolute Gasteiger partial charge is 0.370 e. The predicted molar refractivity (Wildman–Crippen MR) is 92.5 cm³/mol. The number of rotatable bonds is 6. The van der Waals surface area contributed by atoms with E-state index in [2.05, 4.69) is 61.3 Å². The number of halogens is 1. The lowest BCUT2D eigenvalue weighted by molar-refractivity contribution is 0.315. The van der Waals surface area contributed by atoms with Gasteiger partial charge in [-0.1, -0.05) is 24.6 Å². The molecule has 4 heteroatoms. The van der Waals surface area contributed by atoms with Crippen LogP contribution in [0, 0.1) is 0 Å². The summed E-state index contributed by atoms with van der Waals surface area (Å²) in [5, 5.41) is 4.37. The molecule has 1 aliphatic heterocycles. The summed E-state index contributed by atoms with van der Waals surface area (Å²) in [4.78, 5) is 4.75. The molecule has 1 N–H and O–H groups in total. The third-order valence-corrected chi connectivity index (χ3v) is 4.74. The van der Waals surface area contributed by atoms with Gasteiger partial charge in [-0.25, -0.2) is 0 Å². The number of benzene rings is 1. The van der Waals surface area contributed by atoms with Gasteiger partial charge in [-0.15, -0.1) is 0 Å². The first kappa shape index (κ1) is 16.6. The zero-order chi connectivity index (χ0) is 15.4. The van der Waals surface area contributed by atoms with Gasteiger partial charge in [-0.3, -0.25) is 0 Å². The first-order chi connectivity index (χ1) is 10.0. The van der Waals surface area contributed by atoms with Crippen LogP contribution in [0.15, 0.2) is 18.2 Å². The lowest BCUT2D eigenvalue weighted by Gasteiger charge is -2.23. The molecule has 0 saturated carbocycles. The Hall–Kier alpha value is -0.770. The highest BCUT2D eigenvalue weighted by molar-refractivity contribution is 6.31. The smallest absolute Gasteiger partial charge is 0.0474 e. The number of likely N-dealkylation sites (N-methyl/N-ethyl adjacent to an activating group) is 1. The second kappa shape index (κ2) is 7.48. The monoisotopic (exact) mass is 309 g/mol. The lowest BCUT2D eigenvalue weighted by atomic mass is 10.1. The van der Waals surface area contributed by atoms with Crippen LogP contribution >= 0.6 is 11.6 Å². The average Bonchev–Trinajstić information content (AvgIpc) is 2.94. The van der Waals surface area contributed by atoms with Gasteiger partial charge in [0, 0.05) is 35.9 Å². The zero-order valence-corrected chi connectivity index (χ0v) is 14.5. The SMILES string of the molecule is CCCNC(C)c1ccc(N2CCC(N(C)C)C2)cc1Cl. The Morgan fingerprint density at radius 3 is 2.76 bits per heavy atom. The van der Waals surface area contributed by atoms with Gasteiger partial charge in [0.1, 0.15) is 0 Å². The topological polar surface area (TPSA) is 18.5 Å². The number of nitrogens with zero attached hydrogens (tertiary/aromatic N) is 2. The minimum Gasteiger partial charge on any atom is -0.370 e. The summed E-state index contributed by atoms with van der Waals surface area (Å²) in [6.07, 6.45) is 2.36. The van der Waals surface area contributed by atoms with Gasteiger partial charge in [0.15, 0.2) is 0 Å². The minimum absolute atomic E-state index is 0.305. The van der Waals surface area contributed by atoms with Crippen molar-refractivity contribution in [3.8, 4) is 0 Å². The van der Waals surface area contributed by atoms with Gasteiger partial charge in [0.2, 0.25) is 0 Å². The molecule has 0 aliphatic carbocycles. The van der Waals surface area contributed by atoms with Crippen molar-refractivity contribution in [3.05, 3.63) is 28.8 Å². The van der Waals surface area contributed by atoms with E-state index < -0.39 is 0 Å². The number of anilines is 1. The van der Waals surface area contributed by atoms with Crippen molar-refractivity contribution in [1.82, 2.24) is 10.2 Å². The summed E-state index contributed by atoms with van der Waals surface area (Å²) in [5.41, 5.74) is 2.44. The summed E-state index contributed by atoms with van der Waals surface area (Å²) >= 11 is 6.50. The summed E-state index contributed by atoms with van der Waals surface area (Å²) in [5.74, 6) is 0. The molecule has 0 bridgehead atoms. The molecule has 1 aromatic carbocycles. The predicted octanol–water partition coefficient (Wildman–Crippen LogP) is 3.54. The molecule has 1 saturated heterocycles. The molecule has 0 radical (unpaired) electrons. The van der Waals surface area contributed by atoms with Crippen LogP contribution in [0.5, 0.6) is 0 Å². The van der Waals surface area contributed by atoms with Crippen LogP contribution in [0.4, 0.5) is 5.69 Å². The Labute approximate surface area is 134 Å². The molecule has 3 nitrogen and oxygen atoms in total. The molecular weight excluding hydrogens is 282 g/mol. The first-order valence-corrected chi connectivity index (χ1v) is 8.35. The number of nitrogens with one attached hydrogen (secondary N) is 1. The minimum atomic E-state index is 0.305. The second-order valence-corrected chi connectivity index (χ2v) is 6.64. The van der Waals surface area contributed by atoms with Crippen molar-refractivity contribution in [1.29, 1.82) is 0 Å². The molecule has 2 atom stereocenters. The average molecular weight is 310 g/mol. The molecule has 1 heterocycles. The molecule has 0 amide bonds. The summed E-state index contributed by atoms with van der Waals surface area (Å²) in [6, 6.07) is 7.46. The fourth-order valence-electron chi connectivity index (χ4n) is 2.93. The summed E-state index contributed by atoms with van der Waals surface area (Å²) in [7, 11) is 4.32. The maximum absolute atomic E-state index is 6.50. The maximum atomic E-state index is 6.50. The summed E-state index contributed by atoms with van der Waals surface area (Å²) < 4.78 is 0. The van der Waals surface area contributed by atoms with E-state index in [9.17, 15) is 0 Å². The molecule has 118 valence electrons. The van der Waals surface area contributed by atoms with E-state index in [0.717, 1.165) is 31.1 Å². The van der Waals surface area contributed by atoms with Crippen LogP contribution in [0.25, 0.3) is 0 Å². The van der Waals surface area contributed by atoms with Crippen LogP contribution in [-0.4, -0.2) is 44.7 Å². The van der Waals surface area contributed by atoms with Crippen LogP contribution in [0.2, 0.25) is 5.02 Å². The van der Waals surface area contributed by atoms with Gasteiger partial charge < -0.3 is 15.1 Å². The highest BCUT2D eigenvalue weighted by atomic mass is 35.5. The fourth-order valence-corrected chi connectivity index (χ4v) is 3.27. The van der Waals surface area contributed by atoms with Gasteiger partial charge in [0.25, 0.3) is 0 Å². The quantitative estimate of drug-likeness (QED) is 0.867. The molecule has 0 spiro atoms. The molecular formula is C17H28ClN3. The molecule has 2 unspecified atom stereocenters. The highest BCUT2D eigenvalue weighted by Crippen LogP contribution is 2.30. The molecule has 21 heavy (non-hydrogen) atoms. The van der Waals surface area contributed by atoms with E-state index in [1.165, 1.54) is 17.7 Å². The van der Waals surface area contributed by atoms with Crippen molar-refractivity contribution in [3.63, 3.8) is 0 Å². The fraction of sp³-hybridized carbons (Fsp3) is 0.647. The normalized spacial score (nSPS) is 20.3. The van der Waals surface area contributed by atoms with Crippen LogP contribution in [0.3, 0.4) is 0 Å². The molecule has 1 aliphatic rings. The van der Waals surface area contributed by atoms with Crippen molar-refractivity contribution in [2.45, 2.75) is 38.8 Å². The Morgan fingerprint density at radius 1 is 1.43 bits per heavy atom. The Balaban J connectivity index is 2.05. The van der Waals surface area contributed by atoms with Crippen LogP contribution in [-0.2, 0) is 0 Å². The molecule has 0 aromatic heterocycles. The number of hydrogen-bond acceptors (Lipinski definition) is 3. The Kier molecular flexibility index (Phi) is 5.91. The third kappa shape index (κ3) is 4.12. The Morgan fingerprint density at radius 2 is 2.19 bits per heavy atom. The Bertz CT molecular complexity index is 461. The van der Waals surface area contributed by atoms with E-state index in [4.69, 9.17) is 11.6 Å². The number of hydrogen-bond donors (Lipinski definition) is 1. The standard InChI is InChI=1S/C17H28ClN3/c1-5-9-19-13(2)16-7-6-14(11-17(16)18)21-10-8-15(12-21)20(3)4/h6-7,11,13,15,19H,5,8-10,12H2,1-4H3. The first-order valence-electron chi connectivity index (χ1n) is 7.97. The van der Waals surface area contributed by atoms with Crippen molar-refractivity contribution in [2.24, 2.45) is 0 Å². The van der Waals surface area contributed by atoms with E-state index in [1.807, 2.05) is 0 Å². The van der Waals surface area contributed by atoms with Gasteiger partial charge >= 0.3 is 0 Å². The van der Waals surface area contributed by atoms with Gasteiger partial charge in [0.05, 0.1) is 0 Å². The highest BCUT2D eigenvalue weighted by Gasteiger charge is 2.24. The van der Waals surface area contributed by atoms with E-state index in [-0.39, 0.29) is 0 Å². The zero-order valence-electron chi connectivity index (χ0n) is 13.7. The maximum Gasteiger partial charge on any atom is 0.0474 e. The third-order valence-electron chi connectivity index (χ3n) is 4.41. The van der Waals surface area contributed by atoms with Crippen LogP contribution in [0.1, 0.15) is 38.3 Å². The van der Waals surface area contributed by atoms with Crippen LogP contribution < -0.4 is 10.2 Å². The van der Waals surface area contributed by atoms with Crippen molar-refractivity contribution < 1.29 is 0 Å². The van der Waals surface area contributed by atoms with Crippen molar-refractivity contribution >= 4 is 17.3 Å². The molecule has 2 rings (SSSR count). The van der Waals surface area contributed by atoms with E-state index in [1.54, 1.807) is 0 Å². The van der Waals surface area contributed by atoms with Gasteiger partial charge in [-0.2, -0.15) is 0 Å². The second-order valence-electron chi connectivity index (χ2n) is 6.23. The van der Waals surface area contributed by atoms with E-state index >= 15 is 0 Å².